The van der Waals surface area contributed by atoms with Crippen LogP contribution < -0.4 is 4.74 Å². The number of likely N-dealkylation sites (tertiary alicyclic amines) is 1. The minimum atomic E-state index is -5.15. The predicted molar refractivity (Wildman–Crippen MR) is 132 cm³/mol. The Morgan fingerprint density at radius 3 is 2.10 bits per heavy atom. The van der Waals surface area contributed by atoms with Gasteiger partial charge in [-0.1, -0.05) is 48.5 Å². The Labute approximate surface area is 232 Å². The van der Waals surface area contributed by atoms with Crippen molar-refractivity contribution in [1.29, 1.82) is 5.26 Å². The van der Waals surface area contributed by atoms with Gasteiger partial charge in [-0.3, -0.25) is 9.59 Å². The number of methoxy groups -OCH3 is 1. The maximum Gasteiger partial charge on any atom is 0.573 e. The van der Waals surface area contributed by atoms with E-state index in [1.807, 2.05) is 6.07 Å². The summed E-state index contributed by atoms with van der Waals surface area (Å²) in [6.45, 7) is 0.855. The number of halogens is 6. The highest BCUT2D eigenvalue weighted by molar-refractivity contribution is 5.88. The number of nitrogens with zero attached hydrogens (tertiary/aromatic N) is 2. The van der Waals surface area contributed by atoms with Gasteiger partial charge in [-0.25, -0.2) is 0 Å². The van der Waals surface area contributed by atoms with E-state index in [2.05, 4.69) is 4.74 Å². The fourth-order valence-corrected chi connectivity index (χ4v) is 5.32. The molecular formula is C28H28F6N2O5. The third-order valence-electron chi connectivity index (χ3n) is 7.23. The van der Waals surface area contributed by atoms with E-state index in [9.17, 15) is 41.2 Å². The predicted octanol–water partition coefficient (Wildman–Crippen LogP) is 5.86. The van der Waals surface area contributed by atoms with Crippen LogP contribution in [0.1, 0.15) is 43.2 Å². The molecule has 1 aliphatic rings. The van der Waals surface area contributed by atoms with Gasteiger partial charge in [0.15, 0.2) is 0 Å². The van der Waals surface area contributed by atoms with Crippen molar-refractivity contribution < 1.29 is 50.1 Å². The fraction of sp³-hybridized carbons (Fsp3) is 0.464. The van der Waals surface area contributed by atoms with E-state index in [0.717, 1.165) is 30.2 Å². The number of carbonyl (C=O) groups excluding carboxylic acids is 2. The molecule has 222 valence electrons. The normalized spacial score (nSPS) is 17.6. The highest BCUT2D eigenvalue weighted by Gasteiger charge is 2.64. The van der Waals surface area contributed by atoms with Crippen molar-refractivity contribution in [2.24, 2.45) is 5.41 Å². The second-order valence-corrected chi connectivity index (χ2v) is 9.53. The number of hydrogen-bond acceptors (Lipinski definition) is 6. The Morgan fingerprint density at radius 2 is 1.59 bits per heavy atom. The van der Waals surface area contributed by atoms with Crippen LogP contribution in [0.2, 0.25) is 0 Å². The molecule has 0 N–H and O–H groups in total. The number of benzene rings is 2. The summed E-state index contributed by atoms with van der Waals surface area (Å²) in [6.07, 6.45) is -11.0. The van der Waals surface area contributed by atoms with Crippen LogP contribution >= 0.6 is 0 Å². The van der Waals surface area contributed by atoms with Crippen molar-refractivity contribution in [1.82, 2.24) is 4.90 Å². The molecule has 7 nitrogen and oxygen atoms in total. The van der Waals surface area contributed by atoms with Crippen LogP contribution in [0.5, 0.6) is 5.75 Å². The minimum Gasteiger partial charge on any atom is -0.466 e. The van der Waals surface area contributed by atoms with Crippen molar-refractivity contribution in [3.8, 4) is 11.8 Å². The molecule has 1 fully saturated rings. The number of carbonyl (C=O) groups is 2. The van der Waals surface area contributed by atoms with Crippen molar-refractivity contribution in [3.63, 3.8) is 0 Å². The van der Waals surface area contributed by atoms with Gasteiger partial charge in [0.2, 0.25) is 0 Å². The number of alkyl halides is 6. The molecule has 1 saturated heterocycles. The SMILES string of the molecule is CCOC(=O)CC1(C(C#N)c2ccccc2OC(F)(F)F)CCN(C(=O)[C@](OC)(c2ccccc2)C(F)(F)F)CC1. The van der Waals surface area contributed by atoms with Gasteiger partial charge < -0.3 is 19.1 Å². The lowest BCUT2D eigenvalue weighted by atomic mass is 9.64. The molecule has 2 atom stereocenters. The molecule has 0 aliphatic carbocycles. The van der Waals surface area contributed by atoms with Gasteiger partial charge in [0.25, 0.3) is 11.5 Å². The number of rotatable bonds is 9. The Hall–Kier alpha value is -3.79. The molecule has 0 spiro atoms. The zero-order chi connectivity index (χ0) is 30.5. The van der Waals surface area contributed by atoms with Crippen LogP contribution in [-0.2, 0) is 24.7 Å². The lowest BCUT2D eigenvalue weighted by Crippen LogP contribution is -2.59. The van der Waals surface area contributed by atoms with Gasteiger partial charge in [0, 0.05) is 36.7 Å². The van der Waals surface area contributed by atoms with Gasteiger partial charge in [0.05, 0.1) is 25.0 Å². The molecule has 1 aliphatic heterocycles. The third kappa shape index (κ3) is 6.59. The summed E-state index contributed by atoms with van der Waals surface area (Å²) in [6, 6.07) is 13.3. The average molecular weight is 587 g/mol. The summed E-state index contributed by atoms with van der Waals surface area (Å²) in [5.41, 5.74) is -5.29. The first-order valence-corrected chi connectivity index (χ1v) is 12.6. The maximum absolute atomic E-state index is 14.5. The van der Waals surface area contributed by atoms with E-state index in [-0.39, 0.29) is 38.1 Å². The summed E-state index contributed by atoms with van der Waals surface area (Å²) in [4.78, 5) is 27.1. The number of amides is 1. The minimum absolute atomic E-state index is 0.0104. The second kappa shape index (κ2) is 12.4. The Kier molecular flexibility index (Phi) is 9.58. The number of esters is 1. The zero-order valence-corrected chi connectivity index (χ0v) is 22.2. The molecule has 2 aromatic rings. The fourth-order valence-electron chi connectivity index (χ4n) is 5.32. The maximum atomic E-state index is 14.5. The monoisotopic (exact) mass is 586 g/mol. The standard InChI is InChI=1S/C28H28F6N2O5/c1-3-40-23(37)17-25(21(18-35)20-11-7-8-12-22(20)41-28(32,33)34)13-15-36(16-14-25)24(38)26(39-2,27(29,30)31)19-9-5-4-6-10-19/h4-12,21H,3,13-17H2,1-2H3/t21?,26-/m1/s1. The van der Waals surface area contributed by atoms with E-state index in [4.69, 9.17) is 9.47 Å². The highest BCUT2D eigenvalue weighted by atomic mass is 19.4. The number of hydrogen-bond donors (Lipinski definition) is 0. The van der Waals surface area contributed by atoms with Crippen LogP contribution in [-0.4, -0.2) is 56.1 Å². The van der Waals surface area contributed by atoms with Crippen molar-refractivity contribution in [2.75, 3.05) is 26.8 Å². The molecule has 13 heteroatoms. The smallest absolute Gasteiger partial charge is 0.466 e. The van der Waals surface area contributed by atoms with Crippen LogP contribution in [0, 0.1) is 16.7 Å². The molecule has 1 heterocycles. The molecule has 0 radical (unpaired) electrons. The quantitative estimate of drug-likeness (QED) is 0.270. The van der Waals surface area contributed by atoms with E-state index in [1.54, 1.807) is 6.92 Å². The van der Waals surface area contributed by atoms with Crippen LogP contribution in [0.4, 0.5) is 26.3 Å². The average Bonchev–Trinajstić information content (AvgIpc) is 2.90. The van der Waals surface area contributed by atoms with Crippen molar-refractivity contribution >= 4 is 11.9 Å². The number of nitriles is 1. The molecule has 1 unspecified atom stereocenters. The molecule has 41 heavy (non-hydrogen) atoms. The first-order chi connectivity index (χ1) is 19.2. The van der Waals surface area contributed by atoms with Crippen molar-refractivity contribution in [3.05, 3.63) is 65.7 Å². The summed E-state index contributed by atoms with van der Waals surface area (Å²) in [7, 11) is 0.774. The highest BCUT2D eigenvalue weighted by Crippen LogP contribution is 2.51. The lowest BCUT2D eigenvalue weighted by Gasteiger charge is -2.46. The van der Waals surface area contributed by atoms with E-state index >= 15 is 0 Å². The number of piperidine rings is 1. The third-order valence-corrected chi connectivity index (χ3v) is 7.23. The van der Waals surface area contributed by atoms with Gasteiger partial charge >= 0.3 is 18.5 Å². The summed E-state index contributed by atoms with van der Waals surface area (Å²) < 4.78 is 96.9. The number of ether oxygens (including phenoxy) is 3. The van der Waals surface area contributed by atoms with Crippen LogP contribution in [0.25, 0.3) is 0 Å². The molecule has 0 aromatic heterocycles. The molecule has 0 bridgehead atoms. The van der Waals surface area contributed by atoms with Crippen LogP contribution in [0.3, 0.4) is 0 Å². The zero-order valence-electron chi connectivity index (χ0n) is 22.2. The summed E-state index contributed by atoms with van der Waals surface area (Å²) >= 11 is 0. The van der Waals surface area contributed by atoms with Gasteiger partial charge in [-0.2, -0.15) is 18.4 Å². The Bertz CT molecular complexity index is 1250. The first-order valence-electron chi connectivity index (χ1n) is 12.6. The molecule has 2 aromatic carbocycles. The Balaban J connectivity index is 2.02. The van der Waals surface area contributed by atoms with Crippen molar-refractivity contribution in [2.45, 2.75) is 50.2 Å². The van der Waals surface area contributed by atoms with Gasteiger partial charge in [-0.05, 0) is 25.8 Å². The van der Waals surface area contributed by atoms with Crippen LogP contribution in [0.15, 0.2) is 54.6 Å². The molecule has 0 saturated carbocycles. The second-order valence-electron chi connectivity index (χ2n) is 9.53. The van der Waals surface area contributed by atoms with Gasteiger partial charge in [-0.15, -0.1) is 13.2 Å². The first kappa shape index (κ1) is 31.7. The summed E-state index contributed by atoms with van der Waals surface area (Å²) in [5.74, 6) is -4.13. The van der Waals surface area contributed by atoms with E-state index < -0.39 is 59.1 Å². The van der Waals surface area contributed by atoms with Gasteiger partial charge in [0.1, 0.15) is 5.75 Å². The molecule has 1 amide bonds. The summed E-state index contributed by atoms with van der Waals surface area (Å²) in [5, 5.41) is 10.2. The molecular weight excluding hydrogens is 558 g/mol. The topological polar surface area (TPSA) is 88.9 Å². The Morgan fingerprint density at radius 1 is 1.00 bits per heavy atom. The number of para-hydroxylation sites is 1. The molecule has 3 rings (SSSR count). The largest absolute Gasteiger partial charge is 0.573 e. The van der Waals surface area contributed by atoms with E-state index in [1.165, 1.54) is 36.4 Å². The van der Waals surface area contributed by atoms with E-state index in [0.29, 0.717) is 0 Å². The lowest BCUT2D eigenvalue weighted by molar-refractivity contribution is -0.275.